The van der Waals surface area contributed by atoms with E-state index in [1.807, 2.05) is 13.8 Å². The van der Waals surface area contributed by atoms with Crippen molar-refractivity contribution in [1.82, 2.24) is 15.0 Å². The summed E-state index contributed by atoms with van der Waals surface area (Å²) >= 11 is 0. The number of rotatable bonds is 2. The van der Waals surface area contributed by atoms with Crippen molar-refractivity contribution in [3.05, 3.63) is 11.9 Å². The molecule has 5 heteroatoms. The van der Waals surface area contributed by atoms with Gasteiger partial charge in [0.05, 0.1) is 6.20 Å². The first-order chi connectivity index (χ1) is 5.11. The maximum absolute atomic E-state index is 10.7. The number of aromatic nitrogens is 3. The van der Waals surface area contributed by atoms with Gasteiger partial charge in [-0.1, -0.05) is 14.5 Å². The molecule has 0 amide bonds. The van der Waals surface area contributed by atoms with Crippen LogP contribution in [-0.2, 0) is 0 Å². The predicted molar refractivity (Wildman–Crippen MR) is 44.4 cm³/mol. The fourth-order valence-electron chi connectivity index (χ4n) is 0.642. The summed E-state index contributed by atoms with van der Waals surface area (Å²) in [6.45, 7) is 3.96. The van der Waals surface area contributed by atoms with Crippen LogP contribution in [0, 0.1) is 0 Å². The van der Waals surface area contributed by atoms with E-state index < -0.39 is 0 Å². The van der Waals surface area contributed by atoms with E-state index in [1.165, 1.54) is 0 Å². The Morgan fingerprint density at radius 1 is 1.73 bits per heavy atom. The van der Waals surface area contributed by atoms with Crippen LogP contribution in [0.4, 0.5) is 0 Å². The summed E-state index contributed by atoms with van der Waals surface area (Å²) in [5.41, 5.74) is 0.264. The SMILES string of the molecule is CC(C)n1cc(C(=O)P)nn1. The highest BCUT2D eigenvalue weighted by molar-refractivity contribution is 7.41. The Morgan fingerprint density at radius 2 is 2.36 bits per heavy atom. The normalized spacial score (nSPS) is 10.5. The molecule has 1 rings (SSSR count). The lowest BCUT2D eigenvalue weighted by atomic mass is 10.4. The minimum Gasteiger partial charge on any atom is -0.288 e. The Hall–Kier alpha value is -0.760. The molecular formula is C6H10N3OP. The lowest BCUT2D eigenvalue weighted by Crippen LogP contribution is -2.00. The molecule has 0 aliphatic rings. The summed E-state index contributed by atoms with van der Waals surface area (Å²) in [4.78, 5) is 10.7. The number of hydrogen-bond acceptors (Lipinski definition) is 3. The van der Waals surface area contributed by atoms with Crippen LogP contribution >= 0.6 is 9.24 Å². The Morgan fingerprint density at radius 3 is 2.64 bits per heavy atom. The molecular weight excluding hydrogens is 161 g/mol. The van der Waals surface area contributed by atoms with Gasteiger partial charge in [-0.05, 0) is 13.8 Å². The minimum atomic E-state index is -0.128. The first-order valence-electron chi connectivity index (χ1n) is 3.33. The van der Waals surface area contributed by atoms with Crippen molar-refractivity contribution in [2.45, 2.75) is 19.9 Å². The lowest BCUT2D eigenvalue weighted by molar-refractivity contribution is 0.108. The van der Waals surface area contributed by atoms with E-state index in [9.17, 15) is 4.79 Å². The van der Waals surface area contributed by atoms with E-state index in [1.54, 1.807) is 10.9 Å². The average Bonchev–Trinajstić information content (AvgIpc) is 2.33. The van der Waals surface area contributed by atoms with Crippen LogP contribution in [0.2, 0.25) is 0 Å². The molecule has 1 atom stereocenters. The highest BCUT2D eigenvalue weighted by Gasteiger charge is 2.06. The molecule has 1 unspecified atom stereocenters. The average molecular weight is 171 g/mol. The summed E-state index contributed by atoms with van der Waals surface area (Å²) in [6.07, 6.45) is 1.64. The molecule has 0 saturated carbocycles. The molecule has 0 aliphatic heterocycles. The van der Waals surface area contributed by atoms with Crippen molar-refractivity contribution >= 4 is 14.8 Å². The Bertz CT molecular complexity index is 269. The van der Waals surface area contributed by atoms with Crippen molar-refractivity contribution in [2.24, 2.45) is 0 Å². The van der Waals surface area contributed by atoms with Gasteiger partial charge in [-0.25, -0.2) is 4.68 Å². The summed E-state index contributed by atoms with van der Waals surface area (Å²) in [5.74, 6) is 0. The second-order valence-electron chi connectivity index (χ2n) is 2.54. The van der Waals surface area contributed by atoms with Gasteiger partial charge in [0.1, 0.15) is 0 Å². The van der Waals surface area contributed by atoms with Crippen molar-refractivity contribution in [1.29, 1.82) is 0 Å². The van der Waals surface area contributed by atoms with Crippen LogP contribution in [0.15, 0.2) is 6.20 Å². The van der Waals surface area contributed by atoms with E-state index >= 15 is 0 Å². The fraction of sp³-hybridized carbons (Fsp3) is 0.500. The molecule has 60 valence electrons. The van der Waals surface area contributed by atoms with Crippen LogP contribution in [0.1, 0.15) is 30.4 Å². The topological polar surface area (TPSA) is 47.8 Å². The number of carbonyl (C=O) groups excluding carboxylic acids is 1. The van der Waals surface area contributed by atoms with Crippen molar-refractivity contribution in [3.8, 4) is 0 Å². The maximum atomic E-state index is 10.7. The number of carbonyl (C=O) groups is 1. The lowest BCUT2D eigenvalue weighted by Gasteiger charge is -2.00. The molecule has 11 heavy (non-hydrogen) atoms. The van der Waals surface area contributed by atoms with Gasteiger partial charge in [-0.3, -0.25) is 4.79 Å². The zero-order chi connectivity index (χ0) is 8.43. The summed E-state index contributed by atoms with van der Waals surface area (Å²) in [7, 11) is 2.06. The second-order valence-corrected chi connectivity index (χ2v) is 3.07. The zero-order valence-electron chi connectivity index (χ0n) is 6.48. The number of nitrogens with zero attached hydrogens (tertiary/aromatic N) is 3. The Balaban J connectivity index is 2.90. The van der Waals surface area contributed by atoms with Gasteiger partial charge in [0.2, 0.25) is 0 Å². The highest BCUT2D eigenvalue weighted by atomic mass is 31.0. The molecule has 0 spiro atoms. The largest absolute Gasteiger partial charge is 0.288 e. The molecule has 0 bridgehead atoms. The van der Waals surface area contributed by atoms with Gasteiger partial charge in [-0.2, -0.15) is 0 Å². The van der Waals surface area contributed by atoms with Crippen molar-refractivity contribution in [2.75, 3.05) is 0 Å². The second kappa shape index (κ2) is 3.09. The van der Waals surface area contributed by atoms with E-state index in [-0.39, 0.29) is 11.6 Å². The molecule has 0 N–H and O–H groups in total. The van der Waals surface area contributed by atoms with Crippen LogP contribution in [0.3, 0.4) is 0 Å². The van der Waals surface area contributed by atoms with Crippen molar-refractivity contribution in [3.63, 3.8) is 0 Å². The Labute approximate surface area is 67.2 Å². The van der Waals surface area contributed by atoms with Crippen LogP contribution in [0.5, 0.6) is 0 Å². The van der Waals surface area contributed by atoms with E-state index in [4.69, 9.17) is 0 Å². The molecule has 0 fully saturated rings. The molecule has 0 radical (unpaired) electrons. The smallest absolute Gasteiger partial charge is 0.199 e. The van der Waals surface area contributed by atoms with Gasteiger partial charge in [-0.15, -0.1) is 5.10 Å². The van der Waals surface area contributed by atoms with E-state index in [0.29, 0.717) is 5.69 Å². The molecule has 0 aliphatic carbocycles. The van der Waals surface area contributed by atoms with Gasteiger partial charge in [0.15, 0.2) is 11.2 Å². The molecule has 0 saturated heterocycles. The predicted octanol–water partition coefficient (Wildman–Crippen LogP) is 0.874. The third kappa shape index (κ3) is 1.84. The first kappa shape index (κ1) is 8.34. The van der Waals surface area contributed by atoms with Gasteiger partial charge < -0.3 is 0 Å². The third-order valence-corrected chi connectivity index (χ3v) is 1.59. The summed E-state index contributed by atoms with van der Waals surface area (Å²) < 4.78 is 1.65. The van der Waals surface area contributed by atoms with Gasteiger partial charge >= 0.3 is 0 Å². The molecule has 1 heterocycles. The quantitative estimate of drug-likeness (QED) is 0.620. The standard InChI is InChI=1S/C6H10N3OP/c1-4(2)9-3-5(6(10)11)7-8-9/h3-4H,11H2,1-2H3. The number of hydrogen-bond donors (Lipinski definition) is 0. The summed E-state index contributed by atoms with van der Waals surface area (Å²) in [5, 5.41) is 7.45. The van der Waals surface area contributed by atoms with E-state index in [0.717, 1.165) is 0 Å². The highest BCUT2D eigenvalue weighted by Crippen LogP contribution is 2.05. The molecule has 1 aromatic rings. The first-order valence-corrected chi connectivity index (χ1v) is 3.90. The fourth-order valence-corrected chi connectivity index (χ4v) is 0.774. The van der Waals surface area contributed by atoms with Crippen LogP contribution in [-0.4, -0.2) is 20.5 Å². The zero-order valence-corrected chi connectivity index (χ0v) is 7.64. The van der Waals surface area contributed by atoms with Crippen LogP contribution in [0.25, 0.3) is 0 Å². The minimum absolute atomic E-state index is 0.128. The molecule has 0 aromatic carbocycles. The van der Waals surface area contributed by atoms with Gasteiger partial charge in [0.25, 0.3) is 0 Å². The van der Waals surface area contributed by atoms with Crippen molar-refractivity contribution < 1.29 is 4.79 Å². The monoisotopic (exact) mass is 171 g/mol. The summed E-state index contributed by atoms with van der Waals surface area (Å²) in [6, 6.07) is 0.251. The molecule has 1 aromatic heterocycles. The van der Waals surface area contributed by atoms with Gasteiger partial charge in [0, 0.05) is 6.04 Å². The van der Waals surface area contributed by atoms with E-state index in [2.05, 4.69) is 19.6 Å². The Kier molecular flexibility index (Phi) is 2.35. The van der Waals surface area contributed by atoms with Crippen LogP contribution < -0.4 is 0 Å². The molecule has 4 nitrogen and oxygen atoms in total. The maximum Gasteiger partial charge on any atom is 0.199 e. The third-order valence-electron chi connectivity index (χ3n) is 1.29.